The molecule has 14 heteroatoms. The zero-order chi connectivity index (χ0) is 40.8. The maximum absolute atomic E-state index is 13.0. The molecule has 1 N–H and O–H groups in total. The van der Waals surface area contributed by atoms with Crippen LogP contribution in [0.15, 0.2) is 72.2 Å². The highest BCUT2D eigenvalue weighted by atomic mass is 35.5. The number of aliphatic hydroxyl groups excluding tert-OH is 1. The molecule has 56 heavy (non-hydrogen) atoms. The summed E-state index contributed by atoms with van der Waals surface area (Å²) in [4.78, 5) is 61.4. The number of aryl methyl sites for hydroxylation is 2. The molecule has 0 saturated heterocycles. The summed E-state index contributed by atoms with van der Waals surface area (Å²) in [5.41, 5.74) is 3.72. The first kappa shape index (κ1) is 46.0. The normalized spacial score (nSPS) is 15.8. The molecule has 10 nitrogen and oxygen atoms in total. The molecule has 2 aromatic carbocycles. The maximum Gasteiger partial charge on any atom is 0.414 e. The number of carbonyl (C=O) groups is 4. The molecular weight excluding hydrogens is 792 g/mol. The fraction of sp³-hybridized carbons (Fsp3) is 0.381. The summed E-state index contributed by atoms with van der Waals surface area (Å²) in [6, 6.07) is 19.8. The van der Waals surface area contributed by atoms with E-state index in [0.29, 0.717) is 54.0 Å². The smallest absolute Gasteiger partial charge is 0.414 e. The lowest BCUT2D eigenvalue weighted by Gasteiger charge is -2.31. The van der Waals surface area contributed by atoms with Gasteiger partial charge >= 0.3 is 11.5 Å². The van der Waals surface area contributed by atoms with Crippen molar-refractivity contribution in [3.05, 3.63) is 93.3 Å². The Kier molecular flexibility index (Phi) is 15.8. The first-order valence-corrected chi connectivity index (χ1v) is 19.7. The van der Waals surface area contributed by atoms with Crippen LogP contribution in [0.4, 0.5) is 9.59 Å². The third-order valence-corrected chi connectivity index (χ3v) is 11.1. The van der Waals surface area contributed by atoms with Crippen LogP contribution in [-0.4, -0.2) is 76.1 Å². The standard InChI is InChI=1S/C21H24N2O3S.C18H19NO2S.C3H6ClNO.ClH/c1-13-18(22-19(27-13)14-9-7-6-8-10-14)17-15(24)11-21(2,3)12-16(17)26-20(25)23(4)5;1-11-16(15-13(20)9-18(2,3)10-14(15)21)19-17(22-11)12-7-5-4-6-8-12;1-5(2)3(4)6;/h6-10H,11-12H2,1-5H3;4-8,20H,9-10H2,1-3H3;1-2H3;1H/p-1. The van der Waals surface area contributed by atoms with Crippen LogP contribution in [0, 0.1) is 24.7 Å². The van der Waals surface area contributed by atoms with Gasteiger partial charge in [0, 0.05) is 74.8 Å². The Labute approximate surface area is 348 Å². The Morgan fingerprint density at radius 3 is 1.48 bits per heavy atom. The number of aromatic nitrogens is 2. The Morgan fingerprint density at radius 2 is 1.09 bits per heavy atom. The molecule has 0 spiro atoms. The number of hydrogen-bond donors (Lipinski definition) is 1. The Morgan fingerprint density at radius 1 is 0.696 bits per heavy atom. The number of aliphatic hydroxyl groups is 1. The topological polar surface area (TPSA) is 130 Å². The second-order valence-corrected chi connectivity index (χ2v) is 18.2. The number of ketones is 2. The number of Topliss-reactive ketones (excluding diaryl/α,β-unsaturated/α-hetero) is 2. The molecule has 300 valence electrons. The molecule has 2 aliphatic carbocycles. The summed E-state index contributed by atoms with van der Waals surface area (Å²) in [6.45, 7) is 11.9. The van der Waals surface area contributed by atoms with Crippen LogP contribution in [0.2, 0.25) is 0 Å². The summed E-state index contributed by atoms with van der Waals surface area (Å²) < 4.78 is 5.61. The highest BCUT2D eigenvalue weighted by Crippen LogP contribution is 2.44. The highest BCUT2D eigenvalue weighted by molar-refractivity contribution is 7.15. The van der Waals surface area contributed by atoms with Crippen molar-refractivity contribution >= 4 is 68.4 Å². The second-order valence-electron chi connectivity index (χ2n) is 15.5. The SMILES string of the molecule is CN(C)C(=O)Cl.Cc1sc(-c2ccccc2)nc1C1=C(O)CC(C)(C)CC1=O.Cc1sc(-c2ccccc2)nc1C1=C(OC(=O)N(C)C)CC(C)(C)CC1=O.[Cl-]. The number of ether oxygens (including phenoxy) is 1. The van der Waals surface area contributed by atoms with Crippen LogP contribution in [-0.2, 0) is 14.3 Å². The molecule has 6 rings (SSSR count). The Balaban J connectivity index is 0.000000262. The van der Waals surface area contributed by atoms with Crippen molar-refractivity contribution in [2.45, 2.75) is 67.2 Å². The fourth-order valence-electron chi connectivity index (χ4n) is 6.03. The zero-order valence-electron chi connectivity index (χ0n) is 33.5. The quantitative estimate of drug-likeness (QED) is 0.161. The molecule has 2 aromatic heterocycles. The number of rotatable bonds is 5. The maximum atomic E-state index is 13.0. The lowest BCUT2D eigenvalue weighted by atomic mass is 9.76. The van der Waals surface area contributed by atoms with E-state index in [4.69, 9.17) is 21.3 Å². The number of amides is 2. The largest absolute Gasteiger partial charge is 1.00 e. The monoisotopic (exact) mass is 839 g/mol. The second kappa shape index (κ2) is 19.2. The summed E-state index contributed by atoms with van der Waals surface area (Å²) >= 11 is 8.00. The molecule has 0 bridgehead atoms. The van der Waals surface area contributed by atoms with E-state index < -0.39 is 11.5 Å². The third kappa shape index (κ3) is 11.8. The van der Waals surface area contributed by atoms with Gasteiger partial charge in [0.15, 0.2) is 11.6 Å². The van der Waals surface area contributed by atoms with Crippen molar-refractivity contribution in [3.8, 4) is 21.1 Å². The van der Waals surface area contributed by atoms with E-state index in [1.54, 1.807) is 50.9 Å². The number of carbonyl (C=O) groups excluding carboxylic acids is 4. The number of benzene rings is 2. The number of thiazole rings is 2. The van der Waals surface area contributed by atoms with E-state index in [1.165, 1.54) is 9.80 Å². The van der Waals surface area contributed by atoms with Crippen molar-refractivity contribution in [3.63, 3.8) is 0 Å². The van der Waals surface area contributed by atoms with Gasteiger partial charge in [-0.25, -0.2) is 14.8 Å². The molecule has 0 radical (unpaired) electrons. The van der Waals surface area contributed by atoms with Gasteiger partial charge in [0.2, 0.25) is 0 Å². The van der Waals surface area contributed by atoms with Crippen molar-refractivity contribution in [2.24, 2.45) is 10.8 Å². The van der Waals surface area contributed by atoms with Crippen LogP contribution >= 0.6 is 34.3 Å². The van der Waals surface area contributed by atoms with Gasteiger partial charge in [-0.15, -0.1) is 22.7 Å². The average Bonchev–Trinajstić information content (AvgIpc) is 3.66. The van der Waals surface area contributed by atoms with Crippen molar-refractivity contribution in [2.75, 3.05) is 28.2 Å². The molecule has 4 aromatic rings. The van der Waals surface area contributed by atoms with E-state index in [0.717, 1.165) is 30.9 Å². The molecule has 0 saturated carbocycles. The van der Waals surface area contributed by atoms with Gasteiger partial charge in [0.1, 0.15) is 21.5 Å². The van der Waals surface area contributed by atoms with Gasteiger partial charge in [0.25, 0.3) is 0 Å². The number of halogens is 2. The van der Waals surface area contributed by atoms with Crippen LogP contribution in [0.5, 0.6) is 0 Å². The summed E-state index contributed by atoms with van der Waals surface area (Å²) in [5.74, 6) is 0.555. The van der Waals surface area contributed by atoms with Gasteiger partial charge in [-0.2, -0.15) is 0 Å². The minimum absolute atomic E-state index is 0. The van der Waals surface area contributed by atoms with E-state index in [2.05, 4.69) is 4.98 Å². The molecule has 2 amide bonds. The lowest BCUT2D eigenvalue weighted by molar-refractivity contribution is -0.117. The van der Waals surface area contributed by atoms with Crippen LogP contribution in [0.3, 0.4) is 0 Å². The predicted molar refractivity (Wildman–Crippen MR) is 222 cm³/mol. The van der Waals surface area contributed by atoms with Gasteiger partial charge in [0.05, 0.1) is 22.5 Å². The minimum atomic E-state index is -0.482. The summed E-state index contributed by atoms with van der Waals surface area (Å²) in [7, 11) is 6.44. The first-order chi connectivity index (χ1) is 25.7. The first-order valence-electron chi connectivity index (χ1n) is 17.7. The fourth-order valence-corrected chi connectivity index (χ4v) is 7.88. The van der Waals surface area contributed by atoms with Crippen molar-refractivity contribution in [1.82, 2.24) is 19.8 Å². The third-order valence-electron chi connectivity index (χ3n) is 8.72. The number of hydrogen-bond acceptors (Lipinski definition) is 10. The Hall–Kier alpha value is -4.36. The van der Waals surface area contributed by atoms with Gasteiger partial charge in [-0.3, -0.25) is 14.4 Å². The van der Waals surface area contributed by atoms with Gasteiger partial charge < -0.3 is 32.1 Å². The number of nitrogens with zero attached hydrogens (tertiary/aromatic N) is 4. The van der Waals surface area contributed by atoms with E-state index in [1.807, 2.05) is 102 Å². The molecule has 0 unspecified atom stereocenters. The van der Waals surface area contributed by atoms with E-state index in [-0.39, 0.29) is 40.6 Å². The van der Waals surface area contributed by atoms with Crippen molar-refractivity contribution < 1.29 is 41.4 Å². The van der Waals surface area contributed by atoms with Crippen LogP contribution in [0.25, 0.3) is 32.3 Å². The van der Waals surface area contributed by atoms with Crippen LogP contribution < -0.4 is 12.4 Å². The average molecular weight is 841 g/mol. The van der Waals surface area contributed by atoms with E-state index in [9.17, 15) is 24.3 Å². The zero-order valence-corrected chi connectivity index (χ0v) is 36.6. The molecule has 0 atom stereocenters. The molecular formula is C42H49Cl2N4O6S2-. The van der Waals surface area contributed by atoms with E-state index >= 15 is 0 Å². The highest BCUT2D eigenvalue weighted by Gasteiger charge is 2.38. The van der Waals surface area contributed by atoms with Crippen LogP contribution in [0.1, 0.15) is 74.5 Å². The summed E-state index contributed by atoms with van der Waals surface area (Å²) in [6.07, 6.45) is 1.41. The van der Waals surface area contributed by atoms with Gasteiger partial charge in [-0.1, -0.05) is 88.4 Å². The lowest BCUT2D eigenvalue weighted by Crippen LogP contribution is -3.00. The predicted octanol–water partition coefficient (Wildman–Crippen LogP) is 7.60. The molecule has 2 aliphatic rings. The molecule has 0 fully saturated rings. The van der Waals surface area contributed by atoms with Gasteiger partial charge in [-0.05, 0) is 36.3 Å². The molecule has 0 aliphatic heterocycles. The van der Waals surface area contributed by atoms with Crippen molar-refractivity contribution in [1.29, 1.82) is 0 Å². The Bertz CT molecular complexity index is 2120. The minimum Gasteiger partial charge on any atom is -1.00 e. The summed E-state index contributed by atoms with van der Waals surface area (Å²) in [5, 5.41) is 11.7. The number of allylic oxidation sites excluding steroid dienone is 4. The molecule has 2 heterocycles.